The number of carbonyl (C=O) groups is 1. The Morgan fingerprint density at radius 3 is 2.46 bits per heavy atom. The number of hydrogen-bond donors (Lipinski definition) is 3. The minimum absolute atomic E-state index is 0.292. The molecular weight excluding hydrogens is 332 g/mol. The number of aliphatic carboxylic acids is 1. The molecule has 6 heteroatoms. The number of aliphatic hydroxyl groups is 1. The van der Waals surface area contributed by atoms with Gasteiger partial charge in [0.25, 0.3) is 0 Å². The van der Waals surface area contributed by atoms with Crippen molar-refractivity contribution < 1.29 is 19.7 Å². The van der Waals surface area contributed by atoms with Crippen LogP contribution in [0.5, 0.6) is 5.75 Å². The van der Waals surface area contributed by atoms with Crippen LogP contribution in [0, 0.1) is 0 Å². The lowest BCUT2D eigenvalue weighted by Gasteiger charge is -2.25. The standard InChI is InChI=1S/C14H14O3.C6H14N2O/c1-9(14(15)16)10-3-4-12-8-13(17-2)6-5-11(12)7-10;9-6-5-8-3-1-7-2-4-8/h3-9H,1-2H3,(H,15,16);7,9H,1-6H2/t9-;/m0./s1. The highest BCUT2D eigenvalue weighted by molar-refractivity contribution is 5.86. The number of fused-ring (bicyclic) bond motifs is 1. The molecule has 0 amide bonds. The fourth-order valence-corrected chi connectivity index (χ4v) is 2.86. The SMILES string of the molecule is COc1ccc2cc([C@H](C)C(=O)O)ccc2c1.OCCN1CCNCC1. The number of ether oxygens (including phenoxy) is 1. The van der Waals surface area contributed by atoms with E-state index in [-0.39, 0.29) is 0 Å². The van der Waals surface area contributed by atoms with E-state index in [1.165, 1.54) is 0 Å². The summed E-state index contributed by atoms with van der Waals surface area (Å²) in [6.07, 6.45) is 0. The minimum Gasteiger partial charge on any atom is -0.497 e. The van der Waals surface area contributed by atoms with Crippen molar-refractivity contribution >= 4 is 16.7 Å². The quantitative estimate of drug-likeness (QED) is 0.756. The summed E-state index contributed by atoms with van der Waals surface area (Å²) >= 11 is 0. The molecule has 2 aromatic rings. The first-order valence-corrected chi connectivity index (χ1v) is 8.89. The van der Waals surface area contributed by atoms with Crippen LogP contribution >= 0.6 is 0 Å². The van der Waals surface area contributed by atoms with Gasteiger partial charge in [-0.3, -0.25) is 9.69 Å². The predicted molar refractivity (Wildman–Crippen MR) is 103 cm³/mol. The van der Waals surface area contributed by atoms with E-state index in [1.54, 1.807) is 14.0 Å². The van der Waals surface area contributed by atoms with Gasteiger partial charge >= 0.3 is 5.97 Å². The number of methoxy groups -OCH3 is 1. The molecule has 3 N–H and O–H groups in total. The zero-order valence-electron chi connectivity index (χ0n) is 15.4. The minimum atomic E-state index is -0.808. The second-order valence-corrected chi connectivity index (χ2v) is 6.35. The Morgan fingerprint density at radius 1 is 1.19 bits per heavy atom. The van der Waals surface area contributed by atoms with Gasteiger partial charge in [-0.05, 0) is 35.4 Å². The van der Waals surface area contributed by atoms with Gasteiger partial charge in [0.2, 0.25) is 0 Å². The Bertz CT molecular complexity index is 711. The molecule has 1 fully saturated rings. The highest BCUT2D eigenvalue weighted by atomic mass is 16.5. The molecule has 1 aliphatic heterocycles. The molecule has 3 rings (SSSR count). The van der Waals surface area contributed by atoms with Crippen LogP contribution in [0.3, 0.4) is 0 Å². The zero-order valence-corrected chi connectivity index (χ0v) is 15.4. The fraction of sp³-hybridized carbons (Fsp3) is 0.450. The molecule has 6 nitrogen and oxygen atoms in total. The highest BCUT2D eigenvalue weighted by Crippen LogP contribution is 2.25. The average molecular weight is 360 g/mol. The highest BCUT2D eigenvalue weighted by Gasteiger charge is 2.13. The van der Waals surface area contributed by atoms with Crippen molar-refractivity contribution in [3.8, 4) is 5.75 Å². The van der Waals surface area contributed by atoms with E-state index in [0.717, 1.165) is 54.8 Å². The number of β-amino-alcohol motifs (C(OH)–C–C–N with tert-alkyl or cyclic N) is 1. The maximum absolute atomic E-state index is 10.9. The molecule has 0 aliphatic carbocycles. The number of rotatable bonds is 5. The number of nitrogens with one attached hydrogen (secondary N) is 1. The third kappa shape index (κ3) is 5.69. The Kier molecular flexibility index (Phi) is 7.84. The molecule has 0 bridgehead atoms. The molecule has 142 valence electrons. The van der Waals surface area contributed by atoms with Crippen LogP contribution in [-0.4, -0.2) is 67.5 Å². The van der Waals surface area contributed by atoms with Crippen molar-refractivity contribution in [1.29, 1.82) is 0 Å². The maximum atomic E-state index is 10.9. The lowest BCUT2D eigenvalue weighted by molar-refractivity contribution is -0.138. The first-order valence-electron chi connectivity index (χ1n) is 8.89. The van der Waals surface area contributed by atoms with Crippen molar-refractivity contribution in [3.05, 3.63) is 42.0 Å². The van der Waals surface area contributed by atoms with E-state index in [0.29, 0.717) is 6.61 Å². The number of hydrogen-bond acceptors (Lipinski definition) is 5. The Labute approximate surface area is 154 Å². The van der Waals surface area contributed by atoms with Gasteiger partial charge in [0, 0.05) is 32.7 Å². The summed E-state index contributed by atoms with van der Waals surface area (Å²) in [5, 5.41) is 22.8. The van der Waals surface area contributed by atoms with Crippen LogP contribution in [0.4, 0.5) is 0 Å². The van der Waals surface area contributed by atoms with Crippen LogP contribution < -0.4 is 10.1 Å². The van der Waals surface area contributed by atoms with E-state index in [4.69, 9.17) is 14.9 Å². The van der Waals surface area contributed by atoms with Crippen LogP contribution in [0.1, 0.15) is 18.4 Å². The van der Waals surface area contributed by atoms with E-state index in [1.807, 2.05) is 36.4 Å². The first-order chi connectivity index (χ1) is 12.5. The molecular formula is C20H28N2O4. The third-order valence-corrected chi connectivity index (χ3v) is 4.57. The van der Waals surface area contributed by atoms with Crippen molar-refractivity contribution in [2.45, 2.75) is 12.8 Å². The molecule has 0 saturated carbocycles. The summed E-state index contributed by atoms with van der Waals surface area (Å²) < 4.78 is 5.14. The van der Waals surface area contributed by atoms with E-state index in [9.17, 15) is 4.79 Å². The number of carboxylic acids is 1. The summed E-state index contributed by atoms with van der Waals surface area (Å²) in [6.45, 7) is 7.12. The summed E-state index contributed by atoms with van der Waals surface area (Å²) in [5.41, 5.74) is 0.815. The van der Waals surface area contributed by atoms with Gasteiger partial charge in [-0.1, -0.05) is 24.3 Å². The predicted octanol–water partition coefficient (Wildman–Crippen LogP) is 1.92. The second-order valence-electron chi connectivity index (χ2n) is 6.35. The van der Waals surface area contributed by atoms with Gasteiger partial charge in [0.15, 0.2) is 0 Å². The largest absolute Gasteiger partial charge is 0.497 e. The van der Waals surface area contributed by atoms with Crippen LogP contribution in [0.15, 0.2) is 36.4 Å². The normalized spacial score (nSPS) is 15.8. The smallest absolute Gasteiger partial charge is 0.310 e. The van der Waals surface area contributed by atoms with Gasteiger partial charge in [0.1, 0.15) is 5.75 Å². The average Bonchev–Trinajstić information content (AvgIpc) is 2.68. The van der Waals surface area contributed by atoms with Crippen molar-refractivity contribution in [3.63, 3.8) is 0 Å². The van der Waals surface area contributed by atoms with E-state index >= 15 is 0 Å². The Hall–Kier alpha value is -2.15. The number of piperazine rings is 1. The molecule has 0 spiro atoms. The van der Waals surface area contributed by atoms with Gasteiger partial charge < -0.3 is 20.3 Å². The summed E-state index contributed by atoms with van der Waals surface area (Å²) in [7, 11) is 1.63. The van der Waals surface area contributed by atoms with Gasteiger partial charge in [-0.15, -0.1) is 0 Å². The third-order valence-electron chi connectivity index (χ3n) is 4.57. The van der Waals surface area contributed by atoms with Crippen molar-refractivity contribution in [1.82, 2.24) is 10.2 Å². The Morgan fingerprint density at radius 2 is 1.85 bits per heavy atom. The zero-order chi connectivity index (χ0) is 18.9. The summed E-state index contributed by atoms with van der Waals surface area (Å²) in [6, 6.07) is 11.4. The van der Waals surface area contributed by atoms with Crippen LogP contribution in [0.2, 0.25) is 0 Å². The number of aliphatic hydroxyl groups excluding tert-OH is 1. The summed E-state index contributed by atoms with van der Waals surface area (Å²) in [5.74, 6) is -0.490. The lowest BCUT2D eigenvalue weighted by Crippen LogP contribution is -2.44. The Balaban J connectivity index is 0.000000228. The van der Waals surface area contributed by atoms with Gasteiger partial charge in [0.05, 0.1) is 19.6 Å². The first kappa shape index (κ1) is 20.2. The maximum Gasteiger partial charge on any atom is 0.310 e. The molecule has 1 aliphatic rings. The summed E-state index contributed by atoms with van der Waals surface area (Å²) in [4.78, 5) is 13.2. The topological polar surface area (TPSA) is 82.0 Å². The van der Waals surface area contributed by atoms with E-state index in [2.05, 4.69) is 10.2 Å². The molecule has 0 aromatic heterocycles. The van der Waals surface area contributed by atoms with E-state index < -0.39 is 11.9 Å². The van der Waals surface area contributed by atoms with Crippen LogP contribution in [-0.2, 0) is 4.79 Å². The fourth-order valence-electron chi connectivity index (χ4n) is 2.86. The molecule has 1 atom stereocenters. The monoisotopic (exact) mass is 360 g/mol. The van der Waals surface area contributed by atoms with Gasteiger partial charge in [-0.2, -0.15) is 0 Å². The number of carboxylic acid groups (broad SMARTS) is 1. The molecule has 2 aromatic carbocycles. The molecule has 0 radical (unpaired) electrons. The molecule has 1 heterocycles. The number of benzene rings is 2. The molecule has 1 saturated heterocycles. The second kappa shape index (κ2) is 10.1. The van der Waals surface area contributed by atoms with Crippen molar-refractivity contribution in [2.24, 2.45) is 0 Å². The van der Waals surface area contributed by atoms with Gasteiger partial charge in [-0.25, -0.2) is 0 Å². The molecule has 0 unspecified atom stereocenters. The van der Waals surface area contributed by atoms with Crippen LogP contribution in [0.25, 0.3) is 10.8 Å². The lowest BCUT2D eigenvalue weighted by atomic mass is 9.98. The number of nitrogens with zero attached hydrogens (tertiary/aromatic N) is 1. The van der Waals surface area contributed by atoms with Crippen molar-refractivity contribution in [2.75, 3.05) is 46.4 Å². The molecule has 26 heavy (non-hydrogen) atoms.